The number of hydrogen-bond donors (Lipinski definition) is 1. The van der Waals surface area contributed by atoms with Crippen LogP contribution in [-0.4, -0.2) is 23.0 Å². The van der Waals surface area contributed by atoms with Crippen LogP contribution in [0.4, 0.5) is 0 Å². The highest BCUT2D eigenvalue weighted by Gasteiger charge is 2.16. The third-order valence-corrected chi connectivity index (χ3v) is 3.90. The molecular weight excluding hydrogens is 334 g/mol. The summed E-state index contributed by atoms with van der Waals surface area (Å²) in [6, 6.07) is 10.7. The van der Waals surface area contributed by atoms with Crippen LogP contribution in [-0.2, 0) is 6.54 Å². The van der Waals surface area contributed by atoms with Crippen LogP contribution in [0.15, 0.2) is 63.9 Å². The number of ether oxygens (including phenoxy) is 1. The average molecular weight is 349 g/mol. The first-order valence-electron chi connectivity index (χ1n) is 7.95. The van der Waals surface area contributed by atoms with E-state index in [4.69, 9.17) is 13.6 Å². The van der Waals surface area contributed by atoms with Crippen molar-refractivity contribution in [1.29, 1.82) is 0 Å². The van der Waals surface area contributed by atoms with Gasteiger partial charge in [-0.2, -0.15) is 0 Å². The lowest BCUT2D eigenvalue weighted by molar-refractivity contribution is 0.0924. The number of methoxy groups -OCH3 is 1. The number of benzene rings is 1. The Morgan fingerprint density at radius 1 is 1.19 bits per heavy atom. The van der Waals surface area contributed by atoms with Gasteiger partial charge in [0.2, 0.25) is 0 Å². The van der Waals surface area contributed by atoms with Crippen LogP contribution < -0.4 is 10.1 Å². The fraction of sp³-hybridized carbons (Fsp3) is 0.105. The SMILES string of the molecule is COc1cccc2cc(C(=O)NCc3nccnc3-c3ccco3)oc12. The van der Waals surface area contributed by atoms with Gasteiger partial charge in [0.15, 0.2) is 22.9 Å². The van der Waals surface area contributed by atoms with E-state index in [0.717, 1.165) is 5.39 Å². The Balaban J connectivity index is 1.55. The molecule has 0 aliphatic carbocycles. The summed E-state index contributed by atoms with van der Waals surface area (Å²) in [5.41, 5.74) is 1.73. The van der Waals surface area contributed by atoms with E-state index in [9.17, 15) is 4.79 Å². The summed E-state index contributed by atoms with van der Waals surface area (Å²) >= 11 is 0. The Morgan fingerprint density at radius 3 is 2.88 bits per heavy atom. The molecule has 130 valence electrons. The quantitative estimate of drug-likeness (QED) is 0.594. The van der Waals surface area contributed by atoms with E-state index in [0.29, 0.717) is 28.5 Å². The smallest absolute Gasteiger partial charge is 0.287 e. The predicted molar refractivity (Wildman–Crippen MR) is 93.7 cm³/mol. The molecule has 0 atom stereocenters. The molecule has 0 bridgehead atoms. The minimum absolute atomic E-state index is 0.191. The van der Waals surface area contributed by atoms with Crippen LogP contribution in [0.25, 0.3) is 22.4 Å². The second-order valence-corrected chi connectivity index (χ2v) is 5.50. The molecule has 7 nitrogen and oxygen atoms in total. The van der Waals surface area contributed by atoms with E-state index in [2.05, 4.69) is 15.3 Å². The van der Waals surface area contributed by atoms with Crippen LogP contribution in [0, 0.1) is 0 Å². The molecule has 0 aliphatic heterocycles. The summed E-state index contributed by atoms with van der Waals surface area (Å²) < 4.78 is 16.3. The molecule has 26 heavy (non-hydrogen) atoms. The molecule has 3 heterocycles. The van der Waals surface area contributed by atoms with E-state index < -0.39 is 0 Å². The minimum Gasteiger partial charge on any atom is -0.493 e. The zero-order valence-corrected chi connectivity index (χ0v) is 13.9. The number of para-hydroxylation sites is 1. The number of fused-ring (bicyclic) bond motifs is 1. The third-order valence-electron chi connectivity index (χ3n) is 3.90. The van der Waals surface area contributed by atoms with E-state index >= 15 is 0 Å². The molecule has 0 aliphatic rings. The molecule has 0 spiro atoms. The van der Waals surface area contributed by atoms with Crippen molar-refractivity contribution in [2.24, 2.45) is 0 Å². The van der Waals surface area contributed by atoms with Gasteiger partial charge in [-0.05, 0) is 24.3 Å². The highest BCUT2D eigenvalue weighted by Crippen LogP contribution is 2.28. The normalized spacial score (nSPS) is 10.8. The predicted octanol–water partition coefficient (Wildman–Crippen LogP) is 3.42. The Bertz CT molecular complexity index is 1050. The summed E-state index contributed by atoms with van der Waals surface area (Å²) in [7, 11) is 1.56. The summed E-state index contributed by atoms with van der Waals surface area (Å²) in [4.78, 5) is 21.0. The van der Waals surface area contributed by atoms with Crippen molar-refractivity contribution in [3.8, 4) is 17.2 Å². The van der Waals surface area contributed by atoms with Gasteiger partial charge in [-0.15, -0.1) is 0 Å². The maximum absolute atomic E-state index is 12.5. The largest absolute Gasteiger partial charge is 0.493 e. The van der Waals surface area contributed by atoms with Crippen LogP contribution in [0.1, 0.15) is 16.2 Å². The van der Waals surface area contributed by atoms with Crippen molar-refractivity contribution < 1.29 is 18.4 Å². The molecule has 7 heteroatoms. The first-order valence-corrected chi connectivity index (χ1v) is 7.95. The summed E-state index contributed by atoms with van der Waals surface area (Å²) in [6.45, 7) is 0.191. The van der Waals surface area contributed by atoms with Gasteiger partial charge in [0.25, 0.3) is 5.91 Å². The van der Waals surface area contributed by atoms with Crippen molar-refractivity contribution >= 4 is 16.9 Å². The van der Waals surface area contributed by atoms with Crippen molar-refractivity contribution in [3.05, 3.63) is 66.5 Å². The zero-order chi connectivity index (χ0) is 17.9. The molecule has 0 saturated heterocycles. The fourth-order valence-electron chi connectivity index (χ4n) is 2.68. The number of hydrogen-bond acceptors (Lipinski definition) is 6. The molecule has 1 amide bonds. The van der Waals surface area contributed by atoms with Gasteiger partial charge in [-0.25, -0.2) is 4.98 Å². The van der Waals surface area contributed by atoms with E-state index in [1.165, 1.54) is 0 Å². The third kappa shape index (κ3) is 2.90. The monoisotopic (exact) mass is 349 g/mol. The van der Waals surface area contributed by atoms with Crippen molar-refractivity contribution in [2.45, 2.75) is 6.54 Å². The van der Waals surface area contributed by atoms with Gasteiger partial charge in [0, 0.05) is 17.8 Å². The summed E-state index contributed by atoms with van der Waals surface area (Å²) in [5, 5.41) is 3.59. The van der Waals surface area contributed by atoms with Gasteiger partial charge in [0.05, 0.1) is 25.6 Å². The number of carbonyl (C=O) groups excluding carboxylic acids is 1. The molecule has 1 aromatic carbocycles. The van der Waals surface area contributed by atoms with Gasteiger partial charge >= 0.3 is 0 Å². The van der Waals surface area contributed by atoms with Gasteiger partial charge < -0.3 is 18.9 Å². The lowest BCUT2D eigenvalue weighted by Crippen LogP contribution is -2.23. The number of nitrogens with zero attached hydrogens (tertiary/aromatic N) is 2. The Hall–Kier alpha value is -3.61. The topological polar surface area (TPSA) is 90.4 Å². The number of nitrogens with one attached hydrogen (secondary N) is 1. The molecule has 0 saturated carbocycles. The maximum atomic E-state index is 12.5. The Morgan fingerprint density at radius 2 is 2.08 bits per heavy atom. The maximum Gasteiger partial charge on any atom is 0.287 e. The summed E-state index contributed by atoms with van der Waals surface area (Å²) in [5.74, 6) is 1.03. The van der Waals surface area contributed by atoms with Gasteiger partial charge in [0.1, 0.15) is 5.69 Å². The van der Waals surface area contributed by atoms with E-state index in [1.54, 1.807) is 50.0 Å². The highest BCUT2D eigenvalue weighted by atomic mass is 16.5. The first kappa shape index (κ1) is 15.9. The Kier molecular flexibility index (Phi) is 4.10. The van der Waals surface area contributed by atoms with Crippen LogP contribution >= 0.6 is 0 Å². The molecule has 4 rings (SSSR count). The number of amides is 1. The van der Waals surface area contributed by atoms with Gasteiger partial charge in [-0.3, -0.25) is 9.78 Å². The van der Waals surface area contributed by atoms with Crippen LogP contribution in [0.5, 0.6) is 5.75 Å². The number of carbonyl (C=O) groups is 1. The fourth-order valence-corrected chi connectivity index (χ4v) is 2.68. The standard InChI is InChI=1S/C19H15N3O4/c1-24-15-5-2-4-12-10-16(26-18(12)15)19(23)22-11-13-17(21-8-7-20-13)14-6-3-9-25-14/h2-10H,11H2,1H3,(H,22,23). The van der Waals surface area contributed by atoms with Crippen molar-refractivity contribution in [1.82, 2.24) is 15.3 Å². The number of furan rings is 2. The molecule has 0 radical (unpaired) electrons. The lowest BCUT2D eigenvalue weighted by Gasteiger charge is -2.06. The van der Waals surface area contributed by atoms with Crippen molar-refractivity contribution in [2.75, 3.05) is 7.11 Å². The Labute approximate surface area is 148 Å². The average Bonchev–Trinajstić information content (AvgIpc) is 3.35. The molecule has 3 aromatic heterocycles. The molecular formula is C19H15N3O4. The minimum atomic E-state index is -0.348. The second kappa shape index (κ2) is 6.72. The number of aromatic nitrogens is 2. The molecule has 1 N–H and O–H groups in total. The van der Waals surface area contributed by atoms with Gasteiger partial charge in [-0.1, -0.05) is 12.1 Å². The zero-order valence-electron chi connectivity index (χ0n) is 13.9. The van der Waals surface area contributed by atoms with Crippen molar-refractivity contribution in [3.63, 3.8) is 0 Å². The number of rotatable bonds is 5. The lowest BCUT2D eigenvalue weighted by atomic mass is 10.2. The molecule has 0 unspecified atom stereocenters. The highest BCUT2D eigenvalue weighted by molar-refractivity contribution is 5.97. The van der Waals surface area contributed by atoms with E-state index in [1.807, 2.05) is 12.1 Å². The first-order chi connectivity index (χ1) is 12.8. The van der Waals surface area contributed by atoms with E-state index in [-0.39, 0.29) is 18.2 Å². The molecule has 4 aromatic rings. The molecule has 0 fully saturated rings. The second-order valence-electron chi connectivity index (χ2n) is 5.50. The van der Waals surface area contributed by atoms with Crippen LogP contribution in [0.2, 0.25) is 0 Å². The van der Waals surface area contributed by atoms with Crippen LogP contribution in [0.3, 0.4) is 0 Å². The summed E-state index contributed by atoms with van der Waals surface area (Å²) in [6.07, 6.45) is 4.71.